The van der Waals surface area contributed by atoms with E-state index in [2.05, 4.69) is 10.3 Å². The highest BCUT2D eigenvalue weighted by atomic mass is 16.6. The molecular weight excluding hydrogens is 746 g/mol. The number of fused-ring (bicyclic) bond motifs is 3. The monoisotopic (exact) mass is 787 g/mol. The van der Waals surface area contributed by atoms with Gasteiger partial charge in [-0.3, -0.25) is 19.0 Å². The third-order valence-electron chi connectivity index (χ3n) is 10.5. The van der Waals surface area contributed by atoms with Crippen molar-refractivity contribution in [3.8, 4) is 11.5 Å². The smallest absolute Gasteiger partial charge is 0.351 e. The second-order valence-corrected chi connectivity index (χ2v) is 14.3. The summed E-state index contributed by atoms with van der Waals surface area (Å²) in [6, 6.07) is 32.8. The summed E-state index contributed by atoms with van der Waals surface area (Å²) >= 11 is 0. The van der Waals surface area contributed by atoms with Crippen LogP contribution in [0.2, 0.25) is 0 Å². The van der Waals surface area contributed by atoms with Crippen LogP contribution in [0.25, 0.3) is 0 Å². The molecule has 1 aromatic heterocycles. The molecule has 1 fully saturated rings. The number of nitrogens with zero attached hydrogens (tertiary/aromatic N) is 2. The zero-order valence-corrected chi connectivity index (χ0v) is 31.8. The summed E-state index contributed by atoms with van der Waals surface area (Å²) in [6.07, 6.45) is -4.59. The SMILES string of the molecule is CC(=O)O[C@@H]1[C@H](OC(C)=O)[C@@H](Nc2ccn([C@H]3C[C@H](O)[C@@H](COC4(c5ccccc5)c5ccccc5Oc5ccccc54)O3)c(=O)n2)c2ccccc2[C@H]1OC(C)=O. The van der Waals surface area contributed by atoms with Crippen LogP contribution in [0.3, 0.4) is 0 Å². The number of aliphatic hydroxyl groups excluding tert-OH is 1. The van der Waals surface area contributed by atoms with Crippen LogP contribution in [0.1, 0.15) is 73.4 Å². The van der Waals surface area contributed by atoms with Crippen molar-refractivity contribution in [3.05, 3.63) is 154 Å². The Bertz CT molecular complexity index is 2360. The Morgan fingerprint density at radius 3 is 2.00 bits per heavy atom. The number of rotatable bonds is 10. The lowest BCUT2D eigenvalue weighted by Crippen LogP contribution is -2.49. The third kappa shape index (κ3) is 7.21. The molecule has 14 nitrogen and oxygen atoms in total. The Balaban J connectivity index is 1.06. The predicted molar refractivity (Wildman–Crippen MR) is 207 cm³/mol. The Hall–Kier alpha value is -6.35. The van der Waals surface area contributed by atoms with Crippen molar-refractivity contribution in [2.45, 2.75) is 75.6 Å². The molecule has 0 radical (unpaired) electrons. The van der Waals surface area contributed by atoms with Crippen molar-refractivity contribution >= 4 is 23.7 Å². The summed E-state index contributed by atoms with van der Waals surface area (Å²) < 4.78 is 37.8. The zero-order chi connectivity index (χ0) is 40.6. The first kappa shape index (κ1) is 38.5. The molecule has 0 spiro atoms. The molecule has 1 saturated heterocycles. The van der Waals surface area contributed by atoms with E-state index in [4.69, 9.17) is 28.4 Å². The van der Waals surface area contributed by atoms with Gasteiger partial charge in [0.15, 0.2) is 23.9 Å². The van der Waals surface area contributed by atoms with Gasteiger partial charge in [0.05, 0.1) is 18.8 Å². The topological polar surface area (TPSA) is 174 Å². The van der Waals surface area contributed by atoms with Crippen LogP contribution in [0, 0.1) is 0 Å². The number of aromatic nitrogens is 2. The highest BCUT2D eigenvalue weighted by Gasteiger charge is 2.50. The fourth-order valence-electron chi connectivity index (χ4n) is 8.18. The predicted octanol–water partition coefficient (Wildman–Crippen LogP) is 5.64. The first-order valence-electron chi connectivity index (χ1n) is 18.9. The first-order chi connectivity index (χ1) is 28.0. The highest BCUT2D eigenvalue weighted by molar-refractivity contribution is 5.69. The molecule has 4 aromatic carbocycles. The minimum Gasteiger partial charge on any atom is -0.457 e. The van der Waals surface area contributed by atoms with Gasteiger partial charge >= 0.3 is 23.6 Å². The van der Waals surface area contributed by atoms with Crippen LogP contribution in [-0.2, 0) is 43.7 Å². The average molecular weight is 788 g/mol. The van der Waals surface area contributed by atoms with Gasteiger partial charge in [-0.05, 0) is 29.3 Å². The van der Waals surface area contributed by atoms with E-state index in [1.807, 2.05) is 78.9 Å². The molecule has 3 heterocycles. The summed E-state index contributed by atoms with van der Waals surface area (Å²) in [4.78, 5) is 54.8. The molecule has 14 heteroatoms. The number of hydrogen-bond donors (Lipinski definition) is 2. The van der Waals surface area contributed by atoms with Crippen LogP contribution in [0.5, 0.6) is 11.5 Å². The molecule has 3 aliphatic rings. The number of ether oxygens (including phenoxy) is 6. The average Bonchev–Trinajstić information content (AvgIpc) is 3.58. The van der Waals surface area contributed by atoms with Crippen LogP contribution >= 0.6 is 0 Å². The van der Waals surface area contributed by atoms with Crippen molar-refractivity contribution in [2.24, 2.45) is 0 Å². The van der Waals surface area contributed by atoms with Gasteiger partial charge in [0.2, 0.25) is 0 Å². The van der Waals surface area contributed by atoms with Crippen LogP contribution in [-0.4, -0.2) is 63.6 Å². The molecule has 58 heavy (non-hydrogen) atoms. The van der Waals surface area contributed by atoms with E-state index < -0.39 is 72.0 Å². The van der Waals surface area contributed by atoms with E-state index in [9.17, 15) is 24.3 Å². The second-order valence-electron chi connectivity index (χ2n) is 14.3. The number of para-hydroxylation sites is 2. The van der Waals surface area contributed by atoms with Gasteiger partial charge in [-0.1, -0.05) is 91.0 Å². The molecule has 7 atom stereocenters. The fraction of sp³-hybridized carbons (Fsp3) is 0.295. The minimum absolute atomic E-state index is 0.0342. The molecular formula is C44H41N3O11. The Kier molecular flexibility index (Phi) is 10.6. The number of benzene rings is 4. The third-order valence-corrected chi connectivity index (χ3v) is 10.5. The van der Waals surface area contributed by atoms with Gasteiger partial charge < -0.3 is 38.8 Å². The molecule has 0 saturated carbocycles. The van der Waals surface area contributed by atoms with Gasteiger partial charge in [-0.2, -0.15) is 4.98 Å². The van der Waals surface area contributed by atoms with Gasteiger partial charge in [0.25, 0.3) is 0 Å². The van der Waals surface area contributed by atoms with E-state index >= 15 is 0 Å². The van der Waals surface area contributed by atoms with E-state index in [1.54, 1.807) is 30.3 Å². The molecule has 0 unspecified atom stereocenters. The van der Waals surface area contributed by atoms with Crippen molar-refractivity contribution < 1.29 is 47.9 Å². The van der Waals surface area contributed by atoms with Crippen LogP contribution < -0.4 is 15.7 Å². The molecule has 0 amide bonds. The molecule has 1 aliphatic carbocycles. The number of aliphatic hydroxyl groups is 1. The van der Waals surface area contributed by atoms with E-state index in [0.717, 1.165) is 16.7 Å². The highest BCUT2D eigenvalue weighted by Crippen LogP contribution is 2.52. The van der Waals surface area contributed by atoms with Gasteiger partial charge in [0, 0.05) is 50.1 Å². The largest absolute Gasteiger partial charge is 0.457 e. The molecule has 2 N–H and O–H groups in total. The molecule has 8 rings (SSSR count). The number of esters is 3. The van der Waals surface area contributed by atoms with E-state index in [1.165, 1.54) is 31.5 Å². The quantitative estimate of drug-likeness (QED) is 0.132. The second kappa shape index (κ2) is 15.9. The fourth-order valence-corrected chi connectivity index (χ4v) is 8.18. The number of anilines is 1. The Labute approximate surface area is 333 Å². The summed E-state index contributed by atoms with van der Waals surface area (Å²) in [7, 11) is 0. The van der Waals surface area contributed by atoms with Crippen molar-refractivity contribution in [1.82, 2.24) is 9.55 Å². The van der Waals surface area contributed by atoms with Gasteiger partial charge in [-0.15, -0.1) is 0 Å². The maximum atomic E-state index is 13.7. The summed E-state index contributed by atoms with van der Waals surface area (Å²) in [5.41, 5.74) is 1.76. The summed E-state index contributed by atoms with van der Waals surface area (Å²) in [5, 5.41) is 14.5. The standard InChI is InChI=1S/C44H41N3O11/c1-25(48)54-40-30-16-8-7-15-29(30)39(41(55-26(2)49)42(40)56-27(3)50)45-37-21-22-47(43(52)46-37)38-23-33(51)36(58-38)24-53-44(28-13-5-4-6-14-28)31-17-9-11-19-34(31)57-35-20-12-10-18-32(35)44/h4-22,33,36,38-42,51H,23-24H2,1-3H3,(H,45,46,52)/t33-,36+,38+,39-,40+,41+,42-/m0/s1. The lowest BCUT2D eigenvalue weighted by Gasteiger charge is -2.42. The van der Waals surface area contributed by atoms with Gasteiger partial charge in [0.1, 0.15) is 29.6 Å². The maximum absolute atomic E-state index is 13.7. The van der Waals surface area contributed by atoms with E-state index in [-0.39, 0.29) is 18.8 Å². The number of nitrogens with one attached hydrogen (secondary N) is 1. The van der Waals surface area contributed by atoms with Crippen molar-refractivity contribution in [1.29, 1.82) is 0 Å². The summed E-state index contributed by atoms with van der Waals surface area (Å²) in [6.45, 7) is 3.60. The zero-order valence-electron chi connectivity index (χ0n) is 31.8. The maximum Gasteiger partial charge on any atom is 0.351 e. The molecule has 5 aromatic rings. The molecule has 0 bridgehead atoms. The first-order valence-corrected chi connectivity index (χ1v) is 18.9. The summed E-state index contributed by atoms with van der Waals surface area (Å²) in [5.74, 6) is -0.579. The number of carbonyl (C=O) groups excluding carboxylic acids is 3. The lowest BCUT2D eigenvalue weighted by atomic mass is 9.77. The van der Waals surface area contributed by atoms with E-state index in [0.29, 0.717) is 22.6 Å². The minimum atomic E-state index is -1.23. The number of carbonyl (C=O) groups is 3. The van der Waals surface area contributed by atoms with Crippen LogP contribution in [0.4, 0.5) is 5.82 Å². The van der Waals surface area contributed by atoms with Crippen molar-refractivity contribution in [3.63, 3.8) is 0 Å². The Morgan fingerprint density at radius 2 is 1.36 bits per heavy atom. The van der Waals surface area contributed by atoms with Crippen molar-refractivity contribution in [2.75, 3.05) is 11.9 Å². The molecule has 2 aliphatic heterocycles. The lowest BCUT2D eigenvalue weighted by molar-refractivity contribution is -0.187. The molecule has 298 valence electrons. The normalized spacial score (nSPS) is 23.9. The number of hydrogen-bond acceptors (Lipinski definition) is 13. The Morgan fingerprint density at radius 1 is 0.776 bits per heavy atom. The van der Waals surface area contributed by atoms with Crippen LogP contribution in [0.15, 0.2) is 120 Å². The van der Waals surface area contributed by atoms with Gasteiger partial charge in [-0.25, -0.2) is 4.79 Å².